The van der Waals surface area contributed by atoms with Crippen LogP contribution in [0.1, 0.15) is 38.3 Å². The van der Waals surface area contributed by atoms with E-state index in [2.05, 4.69) is 20.6 Å². The van der Waals surface area contributed by atoms with Gasteiger partial charge in [-0.25, -0.2) is 13.4 Å². The number of anilines is 4. The number of rotatable bonds is 11. The van der Waals surface area contributed by atoms with Gasteiger partial charge in [-0.1, -0.05) is 30.7 Å². The summed E-state index contributed by atoms with van der Waals surface area (Å²) in [6.07, 6.45) is 2.96. The van der Waals surface area contributed by atoms with E-state index in [0.29, 0.717) is 23.5 Å². The highest BCUT2D eigenvalue weighted by atomic mass is 35.5. The molecular formula is C25H29ClN4O4S. The Hall–Kier alpha value is -3.17. The van der Waals surface area contributed by atoms with Crippen molar-refractivity contribution in [3.8, 4) is 5.75 Å². The van der Waals surface area contributed by atoms with Crippen molar-refractivity contribution in [1.82, 2.24) is 9.97 Å². The Labute approximate surface area is 211 Å². The Morgan fingerprint density at radius 3 is 2.57 bits per heavy atom. The molecule has 3 aromatic rings. The molecule has 8 nitrogen and oxygen atoms in total. The topological polar surface area (TPSA) is 110 Å². The van der Waals surface area contributed by atoms with Gasteiger partial charge >= 0.3 is 0 Å². The van der Waals surface area contributed by atoms with E-state index in [1.807, 2.05) is 39.8 Å². The SMILES string of the molecule is CCCS(=O)(=O)c1ccccc1Nc1nc(Nc2cc(CC=O)c(C)cc2OC(C)C)ncc1Cl. The molecule has 2 aromatic carbocycles. The zero-order valence-corrected chi connectivity index (χ0v) is 21.7. The van der Waals surface area contributed by atoms with Crippen LogP contribution in [0.3, 0.4) is 0 Å². The molecule has 10 heteroatoms. The second-order valence-corrected chi connectivity index (χ2v) is 10.8. The highest BCUT2D eigenvalue weighted by Crippen LogP contribution is 2.33. The van der Waals surface area contributed by atoms with Gasteiger partial charge in [0.15, 0.2) is 15.7 Å². The zero-order chi connectivity index (χ0) is 25.6. The van der Waals surface area contributed by atoms with Crippen molar-refractivity contribution < 1.29 is 17.9 Å². The van der Waals surface area contributed by atoms with Crippen LogP contribution in [0.25, 0.3) is 0 Å². The second kappa shape index (κ2) is 11.5. The van der Waals surface area contributed by atoms with E-state index >= 15 is 0 Å². The molecule has 186 valence electrons. The Bertz CT molecular complexity index is 1310. The summed E-state index contributed by atoms with van der Waals surface area (Å²) >= 11 is 6.34. The molecule has 1 heterocycles. The number of benzene rings is 2. The molecule has 1 aromatic heterocycles. The molecule has 0 amide bonds. The fourth-order valence-corrected chi connectivity index (χ4v) is 5.10. The summed E-state index contributed by atoms with van der Waals surface area (Å²) in [7, 11) is -3.47. The average molecular weight is 517 g/mol. The molecule has 0 aliphatic rings. The maximum absolute atomic E-state index is 12.7. The van der Waals surface area contributed by atoms with Gasteiger partial charge in [-0.2, -0.15) is 4.98 Å². The number of hydrogen-bond donors (Lipinski definition) is 2. The standard InChI is InChI=1S/C25H29ClN4O4S/c1-5-12-35(32,33)23-9-7-6-8-20(23)28-24-19(26)15-27-25(30-24)29-21-14-18(10-11-31)17(4)13-22(21)34-16(2)3/h6-9,11,13-16H,5,10,12H2,1-4H3,(H2,27,28,29,30). The van der Waals surface area contributed by atoms with E-state index < -0.39 is 9.84 Å². The predicted octanol–water partition coefficient (Wildman–Crippen LogP) is 5.64. The third-order valence-corrected chi connectivity index (χ3v) is 7.29. The van der Waals surface area contributed by atoms with E-state index in [-0.39, 0.29) is 40.0 Å². The van der Waals surface area contributed by atoms with Gasteiger partial charge in [-0.05, 0) is 62.6 Å². The van der Waals surface area contributed by atoms with Crippen molar-refractivity contribution in [2.75, 3.05) is 16.4 Å². The van der Waals surface area contributed by atoms with Gasteiger partial charge in [0.1, 0.15) is 17.1 Å². The Kier molecular flexibility index (Phi) is 8.69. The molecule has 0 spiro atoms. The number of carbonyl (C=O) groups is 1. The highest BCUT2D eigenvalue weighted by Gasteiger charge is 2.19. The number of sulfone groups is 1. The lowest BCUT2D eigenvalue weighted by atomic mass is 10.0. The fraction of sp³-hybridized carbons (Fsp3) is 0.320. The van der Waals surface area contributed by atoms with Crippen LogP contribution in [0, 0.1) is 6.92 Å². The summed E-state index contributed by atoms with van der Waals surface area (Å²) in [6.45, 7) is 7.57. The molecule has 0 radical (unpaired) electrons. The van der Waals surface area contributed by atoms with Gasteiger partial charge in [0.2, 0.25) is 5.95 Å². The normalized spacial score (nSPS) is 11.4. The minimum Gasteiger partial charge on any atom is -0.489 e. The predicted molar refractivity (Wildman–Crippen MR) is 139 cm³/mol. The lowest BCUT2D eigenvalue weighted by Crippen LogP contribution is -2.10. The summed E-state index contributed by atoms with van der Waals surface area (Å²) in [5.41, 5.74) is 2.75. The van der Waals surface area contributed by atoms with E-state index in [4.69, 9.17) is 16.3 Å². The Balaban J connectivity index is 1.98. The van der Waals surface area contributed by atoms with Crippen LogP contribution in [0.4, 0.5) is 23.1 Å². The molecule has 0 unspecified atom stereocenters. The Morgan fingerprint density at radius 1 is 1.14 bits per heavy atom. The molecule has 0 aliphatic heterocycles. The quantitative estimate of drug-likeness (QED) is 0.315. The van der Waals surface area contributed by atoms with E-state index in [1.165, 1.54) is 6.20 Å². The van der Waals surface area contributed by atoms with Crippen LogP contribution in [0.5, 0.6) is 5.75 Å². The first-order valence-electron chi connectivity index (χ1n) is 11.3. The van der Waals surface area contributed by atoms with Crippen LogP contribution in [-0.2, 0) is 21.1 Å². The molecule has 0 saturated heterocycles. The minimum atomic E-state index is -3.47. The van der Waals surface area contributed by atoms with Crippen molar-refractivity contribution >= 4 is 50.9 Å². The monoisotopic (exact) mass is 516 g/mol. The maximum Gasteiger partial charge on any atom is 0.229 e. The van der Waals surface area contributed by atoms with Gasteiger partial charge in [0, 0.05) is 6.42 Å². The van der Waals surface area contributed by atoms with Crippen molar-refractivity contribution in [1.29, 1.82) is 0 Å². The number of aromatic nitrogens is 2. The van der Waals surface area contributed by atoms with Crippen LogP contribution < -0.4 is 15.4 Å². The summed E-state index contributed by atoms with van der Waals surface area (Å²) in [5.74, 6) is 1.09. The van der Waals surface area contributed by atoms with E-state index in [9.17, 15) is 13.2 Å². The van der Waals surface area contributed by atoms with E-state index in [1.54, 1.807) is 24.3 Å². The lowest BCUT2D eigenvalue weighted by molar-refractivity contribution is -0.107. The van der Waals surface area contributed by atoms with Gasteiger partial charge in [0.05, 0.1) is 34.3 Å². The number of aryl methyl sites for hydroxylation is 1. The second-order valence-electron chi connectivity index (χ2n) is 8.27. The number of aldehydes is 1. The average Bonchev–Trinajstić information content (AvgIpc) is 2.79. The number of ether oxygens (including phenoxy) is 1. The third kappa shape index (κ3) is 6.70. The van der Waals surface area contributed by atoms with Gasteiger partial charge < -0.3 is 20.2 Å². The van der Waals surface area contributed by atoms with Gasteiger partial charge in [0.25, 0.3) is 0 Å². The molecule has 0 saturated carbocycles. The minimum absolute atomic E-state index is 0.0329. The van der Waals surface area contributed by atoms with Crippen molar-refractivity contribution in [3.63, 3.8) is 0 Å². The van der Waals surface area contributed by atoms with Crippen molar-refractivity contribution in [3.05, 3.63) is 58.7 Å². The van der Waals surface area contributed by atoms with Gasteiger partial charge in [-0.15, -0.1) is 0 Å². The molecular weight excluding hydrogens is 488 g/mol. The summed E-state index contributed by atoms with van der Waals surface area (Å²) in [6, 6.07) is 10.3. The number of hydrogen-bond acceptors (Lipinski definition) is 8. The third-order valence-electron chi connectivity index (χ3n) is 5.04. The highest BCUT2D eigenvalue weighted by molar-refractivity contribution is 7.91. The van der Waals surface area contributed by atoms with Crippen molar-refractivity contribution in [2.24, 2.45) is 0 Å². The molecule has 0 aliphatic carbocycles. The number of halogens is 1. The van der Waals surface area contributed by atoms with Crippen LogP contribution in [0.2, 0.25) is 5.02 Å². The number of nitrogens with zero attached hydrogens (tertiary/aromatic N) is 2. The zero-order valence-electron chi connectivity index (χ0n) is 20.1. The Morgan fingerprint density at radius 2 is 1.89 bits per heavy atom. The smallest absolute Gasteiger partial charge is 0.229 e. The summed E-state index contributed by atoms with van der Waals surface area (Å²) < 4.78 is 31.4. The number of carbonyl (C=O) groups excluding carboxylic acids is 1. The lowest BCUT2D eigenvalue weighted by Gasteiger charge is -2.18. The largest absolute Gasteiger partial charge is 0.489 e. The molecule has 0 fully saturated rings. The van der Waals surface area contributed by atoms with Gasteiger partial charge in [-0.3, -0.25) is 0 Å². The molecule has 0 atom stereocenters. The van der Waals surface area contributed by atoms with Crippen molar-refractivity contribution in [2.45, 2.75) is 51.5 Å². The van der Waals surface area contributed by atoms with Crippen LogP contribution in [-0.4, -0.2) is 36.5 Å². The van der Waals surface area contributed by atoms with Crippen LogP contribution in [0.15, 0.2) is 47.5 Å². The number of nitrogens with one attached hydrogen (secondary N) is 2. The summed E-state index contributed by atoms with van der Waals surface area (Å²) in [4.78, 5) is 20.0. The first-order chi connectivity index (χ1) is 16.6. The first-order valence-corrected chi connectivity index (χ1v) is 13.3. The van der Waals surface area contributed by atoms with E-state index in [0.717, 1.165) is 17.4 Å². The number of para-hydroxylation sites is 1. The fourth-order valence-electron chi connectivity index (χ4n) is 3.47. The molecule has 2 N–H and O–H groups in total. The maximum atomic E-state index is 12.7. The van der Waals surface area contributed by atoms with Crippen LogP contribution >= 0.6 is 11.6 Å². The molecule has 3 rings (SSSR count). The molecule has 0 bridgehead atoms. The summed E-state index contributed by atoms with van der Waals surface area (Å²) in [5, 5.41) is 6.41. The first kappa shape index (κ1) is 26.4. The molecule has 35 heavy (non-hydrogen) atoms.